The molecule has 1 fully saturated rings. The van der Waals surface area contributed by atoms with Gasteiger partial charge in [-0.25, -0.2) is 0 Å². The van der Waals surface area contributed by atoms with Crippen LogP contribution in [-0.4, -0.2) is 18.0 Å². The highest BCUT2D eigenvalue weighted by atomic mass is 16.6. The van der Waals surface area contributed by atoms with Crippen molar-refractivity contribution in [1.82, 2.24) is 5.32 Å². The average molecular weight is 220 g/mol. The molecule has 0 aliphatic carbocycles. The summed E-state index contributed by atoms with van der Waals surface area (Å²) >= 11 is 0. The van der Waals surface area contributed by atoms with Crippen molar-refractivity contribution in [2.75, 3.05) is 13.1 Å². The van der Waals surface area contributed by atoms with E-state index in [1.165, 1.54) is 0 Å². The molecule has 16 heavy (non-hydrogen) atoms. The summed E-state index contributed by atoms with van der Waals surface area (Å²) in [6.07, 6.45) is 1.93. The summed E-state index contributed by atoms with van der Waals surface area (Å²) in [6.45, 7) is 3.98. The fourth-order valence-electron chi connectivity index (χ4n) is 2.26. The predicted molar refractivity (Wildman–Crippen MR) is 62.5 cm³/mol. The molecule has 0 saturated carbocycles. The molecule has 4 nitrogen and oxygen atoms in total. The van der Waals surface area contributed by atoms with Crippen LogP contribution in [0.2, 0.25) is 0 Å². The van der Waals surface area contributed by atoms with E-state index in [0.29, 0.717) is 5.92 Å². The van der Waals surface area contributed by atoms with Crippen LogP contribution in [0.3, 0.4) is 0 Å². The van der Waals surface area contributed by atoms with Crippen LogP contribution in [0.25, 0.3) is 0 Å². The minimum absolute atomic E-state index is 0.262. The van der Waals surface area contributed by atoms with Gasteiger partial charge in [-0.2, -0.15) is 0 Å². The van der Waals surface area contributed by atoms with Crippen molar-refractivity contribution in [3.63, 3.8) is 0 Å². The van der Waals surface area contributed by atoms with Gasteiger partial charge >= 0.3 is 0 Å². The van der Waals surface area contributed by atoms with E-state index < -0.39 is 0 Å². The van der Waals surface area contributed by atoms with Crippen LogP contribution < -0.4 is 5.32 Å². The van der Waals surface area contributed by atoms with E-state index >= 15 is 0 Å². The maximum Gasteiger partial charge on any atom is 0.272 e. The first-order valence-electron chi connectivity index (χ1n) is 5.61. The van der Waals surface area contributed by atoms with Gasteiger partial charge in [0.25, 0.3) is 5.69 Å². The lowest BCUT2D eigenvalue weighted by molar-refractivity contribution is -0.385. The van der Waals surface area contributed by atoms with Gasteiger partial charge < -0.3 is 5.32 Å². The molecular weight excluding hydrogens is 204 g/mol. The summed E-state index contributed by atoms with van der Waals surface area (Å²) in [5, 5.41) is 14.2. The van der Waals surface area contributed by atoms with E-state index in [-0.39, 0.29) is 10.6 Å². The molecule has 1 aromatic carbocycles. The Bertz CT molecular complexity index is 398. The third-order valence-corrected chi connectivity index (χ3v) is 3.10. The van der Waals surface area contributed by atoms with Crippen molar-refractivity contribution in [2.24, 2.45) is 5.92 Å². The first-order valence-corrected chi connectivity index (χ1v) is 5.61. The molecular formula is C12H16N2O2. The summed E-state index contributed by atoms with van der Waals surface area (Å²) in [6, 6.07) is 5.36. The van der Waals surface area contributed by atoms with Gasteiger partial charge in [0.2, 0.25) is 0 Å². The monoisotopic (exact) mass is 220 g/mol. The average Bonchev–Trinajstić information content (AvgIpc) is 2.70. The summed E-state index contributed by atoms with van der Waals surface area (Å²) in [7, 11) is 0. The molecule has 1 aliphatic rings. The van der Waals surface area contributed by atoms with Gasteiger partial charge in [-0.3, -0.25) is 10.1 Å². The quantitative estimate of drug-likeness (QED) is 0.626. The molecule has 0 radical (unpaired) electrons. The van der Waals surface area contributed by atoms with Crippen molar-refractivity contribution in [2.45, 2.75) is 19.8 Å². The Kier molecular flexibility index (Phi) is 3.19. The molecule has 1 heterocycles. The highest BCUT2D eigenvalue weighted by molar-refractivity contribution is 5.42. The molecule has 4 heteroatoms. The van der Waals surface area contributed by atoms with Crippen LogP contribution in [0.5, 0.6) is 0 Å². The molecule has 1 atom stereocenters. The second kappa shape index (κ2) is 4.61. The van der Waals surface area contributed by atoms with Crippen LogP contribution in [-0.2, 0) is 6.42 Å². The number of nitrogens with zero attached hydrogens (tertiary/aromatic N) is 1. The number of nitro groups is 1. The van der Waals surface area contributed by atoms with E-state index in [1.54, 1.807) is 12.1 Å². The van der Waals surface area contributed by atoms with Crippen LogP contribution >= 0.6 is 0 Å². The van der Waals surface area contributed by atoms with E-state index in [4.69, 9.17) is 0 Å². The Hall–Kier alpha value is -1.42. The lowest BCUT2D eigenvalue weighted by atomic mass is 9.96. The molecule has 0 spiro atoms. The molecule has 1 aromatic rings. The first-order chi connectivity index (χ1) is 7.66. The van der Waals surface area contributed by atoms with Gasteiger partial charge in [0.05, 0.1) is 4.92 Å². The first kappa shape index (κ1) is 11.1. The number of rotatable bonds is 3. The van der Waals surface area contributed by atoms with Crippen LogP contribution in [0.15, 0.2) is 18.2 Å². The number of hydrogen-bond donors (Lipinski definition) is 1. The Morgan fingerprint density at radius 3 is 3.00 bits per heavy atom. The zero-order chi connectivity index (χ0) is 11.5. The molecule has 1 unspecified atom stereocenters. The summed E-state index contributed by atoms with van der Waals surface area (Å²) in [4.78, 5) is 10.6. The van der Waals surface area contributed by atoms with E-state index in [1.807, 2.05) is 13.0 Å². The fourth-order valence-corrected chi connectivity index (χ4v) is 2.26. The molecule has 0 amide bonds. The Morgan fingerprint density at radius 1 is 1.56 bits per heavy atom. The van der Waals surface area contributed by atoms with Crippen molar-refractivity contribution in [3.05, 3.63) is 39.4 Å². The van der Waals surface area contributed by atoms with Gasteiger partial charge in [-0.1, -0.05) is 11.6 Å². The minimum Gasteiger partial charge on any atom is -0.316 e. The third-order valence-electron chi connectivity index (χ3n) is 3.10. The lowest BCUT2D eigenvalue weighted by Gasteiger charge is -2.09. The number of aryl methyl sites for hydroxylation is 1. The lowest BCUT2D eigenvalue weighted by Crippen LogP contribution is -2.11. The highest BCUT2D eigenvalue weighted by Gasteiger charge is 2.20. The standard InChI is InChI=1S/C12H16N2O2/c1-9-2-3-12(14(15)16)11(6-9)7-10-4-5-13-8-10/h2-3,6,10,13H,4-5,7-8H2,1H3. The topological polar surface area (TPSA) is 55.2 Å². The smallest absolute Gasteiger partial charge is 0.272 e. The van der Waals surface area contributed by atoms with Crippen molar-refractivity contribution in [1.29, 1.82) is 0 Å². The Balaban J connectivity index is 2.22. The highest BCUT2D eigenvalue weighted by Crippen LogP contribution is 2.24. The molecule has 0 aromatic heterocycles. The number of benzene rings is 1. The maximum absolute atomic E-state index is 10.9. The van der Waals surface area contributed by atoms with Gasteiger partial charge in [-0.05, 0) is 44.8 Å². The van der Waals surface area contributed by atoms with Crippen LogP contribution in [0, 0.1) is 23.0 Å². The van der Waals surface area contributed by atoms with E-state index in [9.17, 15) is 10.1 Å². The van der Waals surface area contributed by atoms with Crippen molar-refractivity contribution < 1.29 is 4.92 Å². The normalized spacial score (nSPS) is 19.9. The molecule has 0 bridgehead atoms. The SMILES string of the molecule is Cc1ccc([N+](=O)[O-])c(CC2CCNC2)c1. The van der Waals surface area contributed by atoms with Gasteiger partial charge in [-0.15, -0.1) is 0 Å². The third kappa shape index (κ3) is 2.39. The summed E-state index contributed by atoms with van der Waals surface area (Å²) in [5.74, 6) is 0.542. The molecule has 1 aliphatic heterocycles. The van der Waals surface area contributed by atoms with E-state index in [2.05, 4.69) is 5.32 Å². The summed E-state index contributed by atoms with van der Waals surface area (Å²) in [5.41, 5.74) is 2.22. The number of hydrogen-bond acceptors (Lipinski definition) is 3. The van der Waals surface area contributed by atoms with Crippen molar-refractivity contribution in [3.8, 4) is 0 Å². The minimum atomic E-state index is -0.281. The van der Waals surface area contributed by atoms with Gasteiger partial charge in [0.15, 0.2) is 0 Å². The second-order valence-electron chi connectivity index (χ2n) is 4.45. The van der Waals surface area contributed by atoms with Gasteiger partial charge in [0, 0.05) is 11.6 Å². The summed E-state index contributed by atoms with van der Waals surface area (Å²) < 4.78 is 0. The van der Waals surface area contributed by atoms with Crippen LogP contribution in [0.4, 0.5) is 5.69 Å². The molecule has 2 rings (SSSR count). The second-order valence-corrected chi connectivity index (χ2v) is 4.45. The maximum atomic E-state index is 10.9. The zero-order valence-electron chi connectivity index (χ0n) is 9.40. The Morgan fingerprint density at radius 2 is 2.38 bits per heavy atom. The number of nitro benzene ring substituents is 1. The number of nitrogens with one attached hydrogen (secondary N) is 1. The predicted octanol–water partition coefficient (Wildman–Crippen LogP) is 2.06. The molecule has 1 saturated heterocycles. The van der Waals surface area contributed by atoms with Gasteiger partial charge in [0.1, 0.15) is 0 Å². The van der Waals surface area contributed by atoms with E-state index in [0.717, 1.165) is 37.1 Å². The zero-order valence-corrected chi connectivity index (χ0v) is 9.40. The Labute approximate surface area is 94.8 Å². The van der Waals surface area contributed by atoms with Crippen LogP contribution in [0.1, 0.15) is 17.5 Å². The van der Waals surface area contributed by atoms with Crippen molar-refractivity contribution >= 4 is 5.69 Å². The fraction of sp³-hybridized carbons (Fsp3) is 0.500. The largest absolute Gasteiger partial charge is 0.316 e. The molecule has 86 valence electrons. The molecule has 1 N–H and O–H groups in total.